The van der Waals surface area contributed by atoms with E-state index < -0.39 is 24.0 Å². The predicted octanol–water partition coefficient (Wildman–Crippen LogP) is 2.32. The van der Waals surface area contributed by atoms with Crippen molar-refractivity contribution >= 4 is 23.0 Å². The van der Waals surface area contributed by atoms with E-state index in [-0.39, 0.29) is 6.54 Å². The van der Waals surface area contributed by atoms with Crippen molar-refractivity contribution in [1.29, 1.82) is 0 Å². The van der Waals surface area contributed by atoms with Gasteiger partial charge in [0.05, 0.1) is 19.6 Å². The van der Waals surface area contributed by atoms with Crippen LogP contribution in [0.5, 0.6) is 5.75 Å². The van der Waals surface area contributed by atoms with Crippen LogP contribution in [0.25, 0.3) is 0 Å². The van der Waals surface area contributed by atoms with Crippen molar-refractivity contribution in [3.05, 3.63) is 58.9 Å². The topological polar surface area (TPSA) is 121 Å². The number of halogens is 1. The summed E-state index contributed by atoms with van der Waals surface area (Å²) in [5.41, 5.74) is 6.93. The summed E-state index contributed by atoms with van der Waals surface area (Å²) in [6.07, 6.45) is -1.94. The van der Waals surface area contributed by atoms with E-state index in [1.807, 2.05) is 17.0 Å². The molecule has 4 rings (SSSR count). The summed E-state index contributed by atoms with van der Waals surface area (Å²) in [6.45, 7) is 2.01. The van der Waals surface area contributed by atoms with Gasteiger partial charge in [0.15, 0.2) is 17.7 Å². The molecule has 0 aliphatic carbocycles. The maximum Gasteiger partial charge on any atom is 0.199 e. The SMILES string of the molecule is COC(OC)[C@]1(C)Oc2ccc(N)cc2[C@@H](N(Cc2nnn(C)n2)c2ccc(Cl)cc2)[C@@H]1O. The molecular formula is C22H27ClN6O4. The molecule has 2 aromatic carbocycles. The highest BCUT2D eigenvalue weighted by Gasteiger charge is 2.54. The third-order valence-electron chi connectivity index (χ3n) is 5.82. The first kappa shape index (κ1) is 23.2. The number of methoxy groups -OCH3 is 2. The molecule has 3 aromatic rings. The molecular weight excluding hydrogens is 448 g/mol. The smallest absolute Gasteiger partial charge is 0.199 e. The van der Waals surface area contributed by atoms with Crippen LogP contribution in [0.3, 0.4) is 0 Å². The Balaban J connectivity index is 1.89. The molecule has 1 aliphatic rings. The van der Waals surface area contributed by atoms with Crippen molar-refractivity contribution < 1.29 is 19.3 Å². The molecule has 0 saturated heterocycles. The summed E-state index contributed by atoms with van der Waals surface area (Å²) in [6, 6.07) is 12.0. The third kappa shape index (κ3) is 4.34. The molecule has 0 spiro atoms. The van der Waals surface area contributed by atoms with Gasteiger partial charge in [-0.3, -0.25) is 0 Å². The number of anilines is 2. The van der Waals surface area contributed by atoms with Crippen LogP contribution in [0.4, 0.5) is 11.4 Å². The molecule has 0 bridgehead atoms. The quantitative estimate of drug-likeness (QED) is 0.392. The molecule has 33 heavy (non-hydrogen) atoms. The number of rotatable bonds is 7. The largest absolute Gasteiger partial charge is 0.479 e. The zero-order valence-corrected chi connectivity index (χ0v) is 19.6. The van der Waals surface area contributed by atoms with Gasteiger partial charge in [-0.1, -0.05) is 11.6 Å². The zero-order valence-electron chi connectivity index (χ0n) is 18.8. The van der Waals surface area contributed by atoms with Crippen molar-refractivity contribution in [2.24, 2.45) is 7.05 Å². The second kappa shape index (κ2) is 9.14. The number of aryl methyl sites for hydroxylation is 1. The van der Waals surface area contributed by atoms with E-state index in [4.69, 9.17) is 31.5 Å². The maximum atomic E-state index is 11.8. The van der Waals surface area contributed by atoms with Gasteiger partial charge in [0.25, 0.3) is 0 Å². The Labute approximate surface area is 196 Å². The molecule has 0 fully saturated rings. The van der Waals surface area contributed by atoms with Crippen LogP contribution >= 0.6 is 11.6 Å². The highest BCUT2D eigenvalue weighted by atomic mass is 35.5. The van der Waals surface area contributed by atoms with Gasteiger partial charge in [-0.25, -0.2) is 0 Å². The number of tetrazole rings is 1. The first-order valence-electron chi connectivity index (χ1n) is 10.3. The molecule has 10 nitrogen and oxygen atoms in total. The van der Waals surface area contributed by atoms with Crippen LogP contribution < -0.4 is 15.4 Å². The summed E-state index contributed by atoms with van der Waals surface area (Å²) < 4.78 is 17.3. The Hall–Kier alpha value is -2.92. The lowest BCUT2D eigenvalue weighted by Gasteiger charge is -2.49. The minimum Gasteiger partial charge on any atom is -0.479 e. The minimum atomic E-state index is -1.24. The fraction of sp³-hybridized carbons (Fsp3) is 0.409. The molecule has 1 aromatic heterocycles. The van der Waals surface area contributed by atoms with Crippen LogP contribution in [0, 0.1) is 0 Å². The van der Waals surface area contributed by atoms with Gasteiger partial charge >= 0.3 is 0 Å². The number of fused-ring (bicyclic) bond motifs is 1. The number of nitrogens with two attached hydrogens (primary N) is 1. The Bertz CT molecular complexity index is 1110. The Morgan fingerprint density at radius 3 is 2.55 bits per heavy atom. The summed E-state index contributed by atoms with van der Waals surface area (Å²) in [7, 11) is 4.70. The molecule has 11 heteroatoms. The highest BCUT2D eigenvalue weighted by Crippen LogP contribution is 2.47. The van der Waals surface area contributed by atoms with Crippen LogP contribution in [0.1, 0.15) is 24.4 Å². The molecule has 0 radical (unpaired) electrons. The van der Waals surface area contributed by atoms with Crippen LogP contribution in [0.2, 0.25) is 5.02 Å². The van der Waals surface area contributed by atoms with Gasteiger partial charge in [0, 0.05) is 36.2 Å². The first-order valence-corrected chi connectivity index (χ1v) is 10.7. The zero-order chi connectivity index (χ0) is 23.8. The standard InChI is InChI=1S/C22H27ClN6O4/c1-22(21(31-3)32-4)20(30)19(16-11-14(24)7-10-17(16)33-22)29(12-18-25-27-28(2)26-18)15-8-5-13(23)6-9-15/h5-11,19-21,30H,12,24H2,1-4H3/t19-,20+,22-/m1/s1. The Kier molecular flexibility index (Phi) is 6.44. The van der Waals surface area contributed by atoms with Crippen molar-refractivity contribution in [2.75, 3.05) is 24.9 Å². The number of aromatic nitrogens is 4. The van der Waals surface area contributed by atoms with E-state index in [1.165, 1.54) is 19.0 Å². The number of nitrogen functional groups attached to an aromatic ring is 1. The lowest BCUT2D eigenvalue weighted by Crippen LogP contribution is -2.62. The van der Waals surface area contributed by atoms with Gasteiger partial charge in [-0.2, -0.15) is 4.80 Å². The average Bonchev–Trinajstić information content (AvgIpc) is 3.20. The van der Waals surface area contributed by atoms with Gasteiger partial charge in [0.1, 0.15) is 11.9 Å². The number of ether oxygens (including phenoxy) is 3. The molecule has 2 heterocycles. The third-order valence-corrected chi connectivity index (χ3v) is 6.07. The normalized spacial score (nSPS) is 22.2. The second-order valence-electron chi connectivity index (χ2n) is 8.08. The maximum absolute atomic E-state index is 11.8. The van der Waals surface area contributed by atoms with E-state index in [0.29, 0.717) is 27.8 Å². The van der Waals surface area contributed by atoms with Gasteiger partial charge in [-0.15, -0.1) is 10.2 Å². The summed E-state index contributed by atoms with van der Waals surface area (Å²) >= 11 is 6.15. The van der Waals surface area contributed by atoms with E-state index in [0.717, 1.165) is 5.69 Å². The van der Waals surface area contributed by atoms with Crippen molar-refractivity contribution in [3.63, 3.8) is 0 Å². The number of benzene rings is 2. The average molecular weight is 475 g/mol. The van der Waals surface area contributed by atoms with E-state index in [9.17, 15) is 5.11 Å². The van der Waals surface area contributed by atoms with Crippen molar-refractivity contribution in [3.8, 4) is 5.75 Å². The highest BCUT2D eigenvalue weighted by molar-refractivity contribution is 6.30. The number of nitrogens with zero attached hydrogens (tertiary/aromatic N) is 5. The van der Waals surface area contributed by atoms with Crippen molar-refractivity contribution in [2.45, 2.75) is 37.5 Å². The molecule has 176 valence electrons. The number of hydrogen-bond acceptors (Lipinski definition) is 9. The van der Waals surface area contributed by atoms with E-state index >= 15 is 0 Å². The summed E-state index contributed by atoms with van der Waals surface area (Å²) in [5.74, 6) is 1.04. The number of hydrogen-bond donors (Lipinski definition) is 2. The molecule has 0 amide bonds. The van der Waals surface area contributed by atoms with Gasteiger partial charge in [0.2, 0.25) is 0 Å². The van der Waals surface area contributed by atoms with Crippen LogP contribution in [-0.4, -0.2) is 57.5 Å². The molecule has 1 aliphatic heterocycles. The minimum absolute atomic E-state index is 0.256. The lowest BCUT2D eigenvalue weighted by atomic mass is 9.83. The lowest BCUT2D eigenvalue weighted by molar-refractivity contribution is -0.237. The Morgan fingerprint density at radius 2 is 1.94 bits per heavy atom. The first-order chi connectivity index (χ1) is 15.8. The predicted molar refractivity (Wildman–Crippen MR) is 123 cm³/mol. The van der Waals surface area contributed by atoms with Gasteiger partial charge < -0.3 is 30.0 Å². The summed E-state index contributed by atoms with van der Waals surface area (Å²) in [4.78, 5) is 3.36. The number of aliphatic hydroxyl groups is 1. The molecule has 3 N–H and O–H groups in total. The molecule has 0 saturated carbocycles. The van der Waals surface area contributed by atoms with Crippen LogP contribution in [0.15, 0.2) is 42.5 Å². The van der Waals surface area contributed by atoms with Gasteiger partial charge in [-0.05, 0) is 54.6 Å². The monoisotopic (exact) mass is 474 g/mol. The molecule has 0 unspecified atom stereocenters. The van der Waals surface area contributed by atoms with E-state index in [1.54, 1.807) is 44.3 Å². The summed E-state index contributed by atoms with van der Waals surface area (Å²) in [5, 5.41) is 24.8. The van der Waals surface area contributed by atoms with E-state index in [2.05, 4.69) is 15.4 Å². The second-order valence-corrected chi connectivity index (χ2v) is 8.51. The fourth-order valence-corrected chi connectivity index (χ4v) is 4.41. The number of aliphatic hydroxyl groups excluding tert-OH is 1. The van der Waals surface area contributed by atoms with Crippen LogP contribution in [-0.2, 0) is 23.1 Å². The Morgan fingerprint density at radius 1 is 1.24 bits per heavy atom. The van der Waals surface area contributed by atoms with Crippen molar-refractivity contribution in [1.82, 2.24) is 20.2 Å². The fourth-order valence-electron chi connectivity index (χ4n) is 4.28. The molecule has 3 atom stereocenters.